The number of carboxylic acid groups (broad SMARTS) is 1. The number of hydrogen-bond acceptors (Lipinski definition) is 4. The summed E-state index contributed by atoms with van der Waals surface area (Å²) in [5.74, 6) is -3.53. The van der Waals surface area contributed by atoms with E-state index in [1.54, 1.807) is 0 Å². The van der Waals surface area contributed by atoms with Crippen LogP contribution in [0.15, 0.2) is 35.3 Å². The zero-order chi connectivity index (χ0) is 22.6. The summed E-state index contributed by atoms with van der Waals surface area (Å²) in [5.41, 5.74) is -1.90. The van der Waals surface area contributed by atoms with E-state index in [9.17, 15) is 36.7 Å². The lowest BCUT2D eigenvalue weighted by molar-refractivity contribution is -0.140. The first-order valence-corrected chi connectivity index (χ1v) is 8.82. The maximum atomic E-state index is 13.0. The largest absolute Gasteiger partial charge is 0.481 e. The molecule has 1 unspecified atom stereocenters. The molecule has 7 nitrogen and oxygen atoms in total. The van der Waals surface area contributed by atoms with Gasteiger partial charge in [-0.25, -0.2) is 4.39 Å². The Morgan fingerprint density at radius 1 is 1.20 bits per heavy atom. The van der Waals surface area contributed by atoms with Gasteiger partial charge in [-0.15, -0.1) is 0 Å². The number of carbonyl (C=O) groups excluding carboxylic acids is 2. The molecular formula is C19H18F4N2O5. The van der Waals surface area contributed by atoms with Crippen molar-refractivity contribution in [1.82, 2.24) is 9.88 Å². The first-order valence-electron chi connectivity index (χ1n) is 8.82. The van der Waals surface area contributed by atoms with Gasteiger partial charge in [0.15, 0.2) is 5.78 Å². The predicted octanol–water partition coefficient (Wildman–Crippen LogP) is 2.47. The predicted molar refractivity (Wildman–Crippen MR) is 97.7 cm³/mol. The van der Waals surface area contributed by atoms with Gasteiger partial charge in [-0.3, -0.25) is 19.2 Å². The third-order valence-electron chi connectivity index (χ3n) is 4.50. The number of nitrogens with zero attached hydrogens (tertiary/aromatic N) is 1. The third kappa shape index (κ3) is 5.02. The van der Waals surface area contributed by atoms with Crippen molar-refractivity contribution in [2.75, 3.05) is 6.67 Å². The van der Waals surface area contributed by atoms with E-state index < -0.39 is 60.1 Å². The molecule has 0 bridgehead atoms. The minimum Gasteiger partial charge on any atom is -0.481 e. The van der Waals surface area contributed by atoms with E-state index in [1.807, 2.05) is 0 Å². The van der Waals surface area contributed by atoms with Crippen molar-refractivity contribution in [3.05, 3.63) is 46.4 Å². The number of fused-ring (bicyclic) bond motifs is 1. The van der Waals surface area contributed by atoms with Crippen molar-refractivity contribution in [3.8, 4) is 0 Å². The molecule has 1 aromatic carbocycles. The van der Waals surface area contributed by atoms with Gasteiger partial charge in [0.2, 0.25) is 5.91 Å². The van der Waals surface area contributed by atoms with E-state index in [0.717, 1.165) is 16.7 Å². The second-order valence-electron chi connectivity index (χ2n) is 6.51. The van der Waals surface area contributed by atoms with Crippen LogP contribution >= 0.6 is 0 Å². The highest BCUT2D eigenvalue weighted by atomic mass is 19.4. The number of carbonyl (C=O) groups is 3. The van der Waals surface area contributed by atoms with Gasteiger partial charge in [-0.05, 0) is 30.0 Å². The Morgan fingerprint density at radius 2 is 1.87 bits per heavy atom. The Balaban J connectivity index is 2.45. The van der Waals surface area contributed by atoms with Crippen LogP contribution in [0.4, 0.5) is 17.6 Å². The first-order chi connectivity index (χ1) is 14.0. The smallest absolute Gasteiger partial charge is 0.416 e. The average molecular weight is 430 g/mol. The van der Waals surface area contributed by atoms with Crippen LogP contribution < -0.4 is 10.9 Å². The Bertz CT molecular complexity index is 1030. The zero-order valence-corrected chi connectivity index (χ0v) is 15.7. The van der Waals surface area contributed by atoms with Crippen LogP contribution in [0.2, 0.25) is 0 Å². The van der Waals surface area contributed by atoms with Crippen LogP contribution in [-0.4, -0.2) is 40.0 Å². The molecule has 0 fully saturated rings. The van der Waals surface area contributed by atoms with Gasteiger partial charge in [-0.2, -0.15) is 13.2 Å². The molecule has 2 N–H and O–H groups in total. The topological polar surface area (TPSA) is 105 Å². The van der Waals surface area contributed by atoms with Gasteiger partial charge in [0, 0.05) is 11.6 Å². The molecule has 11 heteroatoms. The molecule has 2 atom stereocenters. The van der Waals surface area contributed by atoms with Crippen LogP contribution in [0.1, 0.15) is 31.4 Å². The Kier molecular flexibility index (Phi) is 6.96. The van der Waals surface area contributed by atoms with Crippen molar-refractivity contribution in [1.29, 1.82) is 0 Å². The molecule has 0 saturated heterocycles. The number of hydrogen-bond donors (Lipinski definition) is 2. The van der Waals surface area contributed by atoms with E-state index in [4.69, 9.17) is 5.11 Å². The highest BCUT2D eigenvalue weighted by molar-refractivity contribution is 5.93. The highest BCUT2D eigenvalue weighted by Crippen LogP contribution is 2.30. The lowest BCUT2D eigenvalue weighted by Gasteiger charge is -2.22. The number of amides is 1. The fourth-order valence-electron chi connectivity index (χ4n) is 2.97. The summed E-state index contributed by atoms with van der Waals surface area (Å²) in [6, 6.07) is 1.11. The summed E-state index contributed by atoms with van der Waals surface area (Å²) >= 11 is 0. The van der Waals surface area contributed by atoms with E-state index >= 15 is 0 Å². The Labute approximate surface area is 167 Å². The monoisotopic (exact) mass is 430 g/mol. The molecule has 0 aliphatic rings. The standard InChI is InChI=1S/C19H18F4N2O5/c1-2-14(17(29)24-13(8-16(27)28)15(26)9-20)25-6-5-10-3-4-11(19(21,22)23)7-12(10)18(25)30/h3-7,13-14H,2,8-9H2,1H3,(H,24,29)(H,27,28)/t13-,14?/m0/s1. The molecule has 162 valence electrons. The maximum absolute atomic E-state index is 13.0. The summed E-state index contributed by atoms with van der Waals surface area (Å²) in [4.78, 5) is 47.8. The van der Waals surface area contributed by atoms with E-state index in [1.165, 1.54) is 19.2 Å². The second kappa shape index (κ2) is 9.06. The average Bonchev–Trinajstić information content (AvgIpc) is 2.67. The van der Waals surface area contributed by atoms with Crippen LogP contribution in [0.3, 0.4) is 0 Å². The number of alkyl halides is 4. The molecule has 2 aromatic rings. The lowest BCUT2D eigenvalue weighted by atomic mass is 10.1. The number of carboxylic acids is 1. The molecule has 0 spiro atoms. The van der Waals surface area contributed by atoms with Gasteiger partial charge >= 0.3 is 12.1 Å². The molecule has 0 aliphatic heterocycles. The van der Waals surface area contributed by atoms with Gasteiger partial charge < -0.3 is 15.0 Å². The van der Waals surface area contributed by atoms with Gasteiger partial charge in [0.05, 0.1) is 12.0 Å². The quantitative estimate of drug-likeness (QED) is 0.626. The summed E-state index contributed by atoms with van der Waals surface area (Å²) in [6.07, 6.45) is -4.30. The molecule has 1 aromatic heterocycles. The van der Waals surface area contributed by atoms with Crippen LogP contribution in [0.25, 0.3) is 10.8 Å². The minimum absolute atomic E-state index is 0.000183. The normalized spacial score (nSPS) is 13.6. The summed E-state index contributed by atoms with van der Waals surface area (Å²) < 4.78 is 52.5. The van der Waals surface area contributed by atoms with Gasteiger partial charge in [0.1, 0.15) is 18.8 Å². The molecule has 2 rings (SSSR count). The van der Waals surface area contributed by atoms with Crippen molar-refractivity contribution < 1.29 is 37.1 Å². The van der Waals surface area contributed by atoms with Crippen molar-refractivity contribution >= 4 is 28.4 Å². The fourth-order valence-corrected chi connectivity index (χ4v) is 2.97. The van der Waals surface area contributed by atoms with Crippen molar-refractivity contribution in [2.45, 2.75) is 38.0 Å². The van der Waals surface area contributed by atoms with E-state index in [-0.39, 0.29) is 17.2 Å². The van der Waals surface area contributed by atoms with Gasteiger partial charge in [-0.1, -0.05) is 13.0 Å². The molecule has 0 saturated carbocycles. The summed E-state index contributed by atoms with van der Waals surface area (Å²) in [7, 11) is 0. The number of pyridine rings is 1. The first kappa shape index (κ1) is 23.0. The minimum atomic E-state index is -4.67. The molecule has 30 heavy (non-hydrogen) atoms. The number of nitrogens with one attached hydrogen (secondary N) is 1. The number of Topliss-reactive ketones (excluding diaryl/α,β-unsaturated/α-hetero) is 1. The number of ketones is 1. The summed E-state index contributed by atoms with van der Waals surface area (Å²) in [6.45, 7) is 0.0152. The summed E-state index contributed by atoms with van der Waals surface area (Å²) in [5, 5.41) is 10.9. The zero-order valence-electron chi connectivity index (χ0n) is 15.7. The van der Waals surface area contributed by atoms with Gasteiger partial charge in [0.25, 0.3) is 5.56 Å². The molecular weight excluding hydrogens is 412 g/mol. The van der Waals surface area contributed by atoms with Crippen LogP contribution in [0, 0.1) is 0 Å². The van der Waals surface area contributed by atoms with E-state index in [2.05, 4.69) is 5.32 Å². The molecule has 1 heterocycles. The third-order valence-corrected chi connectivity index (χ3v) is 4.50. The number of halogens is 4. The molecule has 1 amide bonds. The fraction of sp³-hybridized carbons (Fsp3) is 0.368. The molecule has 0 radical (unpaired) electrons. The molecule has 0 aliphatic carbocycles. The van der Waals surface area contributed by atoms with Crippen LogP contribution in [0.5, 0.6) is 0 Å². The SMILES string of the molecule is CCC(C(=O)N[C@@H](CC(=O)O)C(=O)CF)n1ccc2ccc(C(F)(F)F)cc2c1=O. The number of aromatic nitrogens is 1. The maximum Gasteiger partial charge on any atom is 0.416 e. The Morgan fingerprint density at radius 3 is 2.40 bits per heavy atom. The van der Waals surface area contributed by atoms with Crippen molar-refractivity contribution in [3.63, 3.8) is 0 Å². The number of benzene rings is 1. The van der Waals surface area contributed by atoms with Crippen molar-refractivity contribution in [2.24, 2.45) is 0 Å². The Hall–Kier alpha value is -3.24. The van der Waals surface area contributed by atoms with E-state index in [0.29, 0.717) is 6.07 Å². The second-order valence-corrected chi connectivity index (χ2v) is 6.51. The highest BCUT2D eigenvalue weighted by Gasteiger charge is 2.31. The number of rotatable bonds is 8. The number of aliphatic carboxylic acids is 1. The lowest BCUT2D eigenvalue weighted by Crippen LogP contribution is -2.47. The van der Waals surface area contributed by atoms with Crippen LogP contribution in [-0.2, 0) is 20.6 Å².